The zero-order valence-corrected chi connectivity index (χ0v) is 17.7. The van der Waals surface area contributed by atoms with Crippen LogP contribution in [0.2, 0.25) is 0 Å². The van der Waals surface area contributed by atoms with Crippen molar-refractivity contribution >= 4 is 16.8 Å². The summed E-state index contributed by atoms with van der Waals surface area (Å²) in [6.07, 6.45) is 8.44. The number of pyridine rings is 1. The van der Waals surface area contributed by atoms with Gasteiger partial charge in [-0.15, -0.1) is 0 Å². The Morgan fingerprint density at radius 1 is 1.22 bits per heavy atom. The molecule has 5 rings (SSSR count). The number of ether oxygens (including phenoxy) is 1. The van der Waals surface area contributed by atoms with Crippen LogP contribution in [0.25, 0.3) is 22.3 Å². The Kier molecular flexibility index (Phi) is 5.28. The van der Waals surface area contributed by atoms with E-state index in [1.165, 1.54) is 0 Å². The number of H-pyrrole nitrogens is 1. The SMILES string of the molecule is CC(=O)N1CCCC1c1cc2[nH]c(-c3cnccn3)cc2cc1Oc1ccc(CO)nc1. The summed E-state index contributed by atoms with van der Waals surface area (Å²) >= 11 is 0. The number of carbonyl (C=O) groups excluding carboxylic acids is 1. The smallest absolute Gasteiger partial charge is 0.219 e. The standard InChI is InChI=1S/C24H23N5O3/c1-15(31)29-8-2-3-23(29)19-11-20-16(9-21(28-20)22-13-25-6-7-26-22)10-24(19)32-18-5-4-17(14-30)27-12-18/h4-7,9-13,23,28,30H,2-3,8,14H2,1H3. The van der Waals surface area contributed by atoms with Crippen molar-refractivity contribution in [3.8, 4) is 22.9 Å². The third-order valence-corrected chi connectivity index (χ3v) is 5.79. The Morgan fingerprint density at radius 2 is 2.12 bits per heavy atom. The molecule has 0 saturated carbocycles. The van der Waals surface area contributed by atoms with E-state index in [9.17, 15) is 9.90 Å². The first-order valence-corrected chi connectivity index (χ1v) is 10.6. The molecule has 1 amide bonds. The predicted octanol–water partition coefficient (Wildman–Crippen LogP) is 3.99. The van der Waals surface area contributed by atoms with Gasteiger partial charge in [-0.2, -0.15) is 0 Å². The van der Waals surface area contributed by atoms with Crippen molar-refractivity contribution in [2.24, 2.45) is 0 Å². The summed E-state index contributed by atoms with van der Waals surface area (Å²) in [5, 5.41) is 10.2. The fourth-order valence-corrected chi connectivity index (χ4v) is 4.26. The molecule has 32 heavy (non-hydrogen) atoms. The lowest BCUT2D eigenvalue weighted by Crippen LogP contribution is -2.28. The van der Waals surface area contributed by atoms with Crippen LogP contribution in [0.4, 0.5) is 0 Å². The highest BCUT2D eigenvalue weighted by Gasteiger charge is 2.31. The van der Waals surface area contributed by atoms with Gasteiger partial charge in [0.2, 0.25) is 5.91 Å². The van der Waals surface area contributed by atoms with Crippen molar-refractivity contribution in [2.75, 3.05) is 6.54 Å². The maximum absolute atomic E-state index is 12.3. The summed E-state index contributed by atoms with van der Waals surface area (Å²) in [5.41, 5.74) is 4.08. The molecule has 2 N–H and O–H groups in total. The number of nitrogens with one attached hydrogen (secondary N) is 1. The van der Waals surface area contributed by atoms with Gasteiger partial charge in [-0.25, -0.2) is 0 Å². The Hall–Kier alpha value is -3.78. The van der Waals surface area contributed by atoms with Gasteiger partial charge in [0, 0.05) is 42.3 Å². The largest absolute Gasteiger partial charge is 0.455 e. The van der Waals surface area contributed by atoms with Crippen LogP contribution in [-0.4, -0.2) is 42.4 Å². The molecule has 0 aliphatic carbocycles. The average molecular weight is 429 g/mol. The fourth-order valence-electron chi connectivity index (χ4n) is 4.26. The summed E-state index contributed by atoms with van der Waals surface area (Å²) in [6, 6.07) is 9.52. The van der Waals surface area contributed by atoms with E-state index in [4.69, 9.17) is 4.74 Å². The first-order valence-electron chi connectivity index (χ1n) is 10.6. The molecule has 0 spiro atoms. The summed E-state index contributed by atoms with van der Waals surface area (Å²) in [5.74, 6) is 1.30. The van der Waals surface area contributed by atoms with Gasteiger partial charge in [0.15, 0.2) is 0 Å². The Morgan fingerprint density at radius 3 is 2.84 bits per heavy atom. The normalized spacial score (nSPS) is 15.9. The molecule has 1 aromatic carbocycles. The van der Waals surface area contributed by atoms with Crippen LogP contribution in [0.5, 0.6) is 11.5 Å². The lowest BCUT2D eigenvalue weighted by Gasteiger charge is -2.25. The van der Waals surface area contributed by atoms with Crippen molar-refractivity contribution in [3.05, 3.63) is 66.4 Å². The minimum Gasteiger partial charge on any atom is -0.455 e. The predicted molar refractivity (Wildman–Crippen MR) is 119 cm³/mol. The number of fused-ring (bicyclic) bond motifs is 1. The number of hydrogen-bond acceptors (Lipinski definition) is 6. The van der Waals surface area contributed by atoms with Crippen LogP contribution in [0.1, 0.15) is 37.1 Å². The van der Waals surface area contributed by atoms with E-state index in [0.29, 0.717) is 17.2 Å². The highest BCUT2D eigenvalue weighted by atomic mass is 16.5. The van der Waals surface area contributed by atoms with Crippen LogP contribution in [0, 0.1) is 0 Å². The van der Waals surface area contributed by atoms with Gasteiger partial charge in [-0.3, -0.25) is 19.7 Å². The Bertz CT molecular complexity index is 1250. The van der Waals surface area contributed by atoms with Gasteiger partial charge in [-0.1, -0.05) is 0 Å². The molecule has 1 atom stereocenters. The van der Waals surface area contributed by atoms with Gasteiger partial charge in [0.05, 0.1) is 36.4 Å². The molecule has 3 aromatic heterocycles. The molecule has 1 fully saturated rings. The molecule has 1 aliphatic heterocycles. The van der Waals surface area contributed by atoms with Crippen LogP contribution >= 0.6 is 0 Å². The van der Waals surface area contributed by atoms with E-state index in [0.717, 1.165) is 47.2 Å². The van der Waals surface area contributed by atoms with Crippen molar-refractivity contribution in [3.63, 3.8) is 0 Å². The minimum atomic E-state index is -0.123. The molecule has 1 aliphatic rings. The van der Waals surface area contributed by atoms with E-state index in [2.05, 4.69) is 26.0 Å². The van der Waals surface area contributed by atoms with Crippen molar-refractivity contribution in [2.45, 2.75) is 32.4 Å². The second-order valence-corrected chi connectivity index (χ2v) is 7.87. The summed E-state index contributed by atoms with van der Waals surface area (Å²) < 4.78 is 6.25. The zero-order valence-electron chi connectivity index (χ0n) is 17.7. The zero-order chi connectivity index (χ0) is 22.1. The molecule has 8 nitrogen and oxygen atoms in total. The van der Waals surface area contributed by atoms with E-state index in [1.807, 2.05) is 17.0 Å². The molecule has 1 unspecified atom stereocenters. The number of aromatic nitrogens is 4. The van der Waals surface area contributed by atoms with Crippen molar-refractivity contribution < 1.29 is 14.6 Å². The lowest BCUT2D eigenvalue weighted by atomic mass is 10.0. The molecular weight excluding hydrogens is 406 g/mol. The molecule has 4 aromatic rings. The molecular formula is C24H23N5O3. The highest BCUT2D eigenvalue weighted by Crippen LogP contribution is 2.41. The second kappa shape index (κ2) is 8.39. The maximum Gasteiger partial charge on any atom is 0.219 e. The second-order valence-electron chi connectivity index (χ2n) is 7.87. The van der Waals surface area contributed by atoms with Crippen molar-refractivity contribution in [1.82, 2.24) is 24.8 Å². The molecule has 162 valence electrons. The topological polar surface area (TPSA) is 104 Å². The van der Waals surface area contributed by atoms with Gasteiger partial charge >= 0.3 is 0 Å². The number of nitrogens with zero attached hydrogens (tertiary/aromatic N) is 4. The van der Waals surface area contributed by atoms with Crippen LogP contribution in [0.3, 0.4) is 0 Å². The number of hydrogen-bond donors (Lipinski definition) is 2. The van der Waals surface area contributed by atoms with Gasteiger partial charge in [-0.05, 0) is 43.2 Å². The number of aliphatic hydroxyl groups is 1. The number of rotatable bonds is 5. The average Bonchev–Trinajstić information content (AvgIpc) is 3.47. The van der Waals surface area contributed by atoms with Crippen LogP contribution < -0.4 is 4.74 Å². The first-order chi connectivity index (χ1) is 15.6. The van der Waals surface area contributed by atoms with Crippen molar-refractivity contribution in [1.29, 1.82) is 0 Å². The number of carbonyl (C=O) groups is 1. The molecule has 8 heteroatoms. The minimum absolute atomic E-state index is 0.0549. The van der Waals surface area contributed by atoms with E-state index < -0.39 is 0 Å². The first kappa shape index (κ1) is 20.1. The molecule has 0 bridgehead atoms. The number of aliphatic hydroxyl groups excluding tert-OH is 1. The maximum atomic E-state index is 12.3. The third-order valence-electron chi connectivity index (χ3n) is 5.79. The van der Waals surface area contributed by atoms with Gasteiger partial charge in [0.25, 0.3) is 0 Å². The summed E-state index contributed by atoms with van der Waals surface area (Å²) in [7, 11) is 0. The monoisotopic (exact) mass is 429 g/mol. The number of amides is 1. The van der Waals surface area contributed by atoms with Crippen LogP contribution in [0.15, 0.2) is 55.1 Å². The van der Waals surface area contributed by atoms with E-state index in [1.54, 1.807) is 43.8 Å². The van der Waals surface area contributed by atoms with Gasteiger partial charge in [0.1, 0.15) is 17.2 Å². The lowest BCUT2D eigenvalue weighted by molar-refractivity contribution is -0.129. The molecule has 4 heterocycles. The highest BCUT2D eigenvalue weighted by molar-refractivity contribution is 5.88. The van der Waals surface area contributed by atoms with Crippen LogP contribution in [-0.2, 0) is 11.4 Å². The number of benzene rings is 1. The Balaban J connectivity index is 1.60. The third kappa shape index (κ3) is 3.80. The summed E-state index contributed by atoms with van der Waals surface area (Å²) in [6.45, 7) is 2.22. The van der Waals surface area contributed by atoms with Gasteiger partial charge < -0.3 is 19.7 Å². The number of aromatic amines is 1. The quantitative estimate of drug-likeness (QED) is 0.497. The molecule has 1 saturated heterocycles. The Labute approximate surface area is 184 Å². The fraction of sp³-hybridized carbons (Fsp3) is 0.250. The summed E-state index contributed by atoms with van der Waals surface area (Å²) in [4.78, 5) is 30.3. The van der Waals surface area contributed by atoms with E-state index in [-0.39, 0.29) is 18.6 Å². The number of likely N-dealkylation sites (tertiary alicyclic amines) is 1. The molecule has 0 radical (unpaired) electrons. The van der Waals surface area contributed by atoms with E-state index >= 15 is 0 Å².